The van der Waals surface area contributed by atoms with E-state index < -0.39 is 0 Å². The largest absolute Gasteiger partial charge is 0.464 e. The molecule has 0 saturated heterocycles. The summed E-state index contributed by atoms with van der Waals surface area (Å²) in [4.78, 5) is 11.4. The summed E-state index contributed by atoms with van der Waals surface area (Å²) in [6.07, 6.45) is 6.19. The normalized spacial score (nSPS) is 9.50. The molecular formula is C16H26N2O2. The molecule has 0 spiro atoms. The van der Waals surface area contributed by atoms with Gasteiger partial charge < -0.3 is 4.74 Å². The second-order valence-corrected chi connectivity index (χ2v) is 3.25. The number of aryl methyl sites for hydroxylation is 1. The quantitative estimate of drug-likeness (QED) is 0.464. The standard InChI is InChI=1S/C12H16N2O2.C2H6.C2H4/c1-4-10(5-2)7-9-14-11(6-8-13-14)12(15)16-3;2*1-2/h4-6,8H,1,7,9H2,2-3H3;1-2H3;1-2H2/b10-5+;;. The summed E-state index contributed by atoms with van der Waals surface area (Å²) in [6.45, 7) is 16.3. The van der Waals surface area contributed by atoms with Crippen molar-refractivity contribution in [1.82, 2.24) is 9.78 Å². The van der Waals surface area contributed by atoms with E-state index >= 15 is 0 Å². The van der Waals surface area contributed by atoms with Gasteiger partial charge in [0.2, 0.25) is 0 Å². The number of carbonyl (C=O) groups excluding carboxylic acids is 1. The van der Waals surface area contributed by atoms with Crippen LogP contribution in [-0.2, 0) is 11.3 Å². The maximum atomic E-state index is 11.4. The molecule has 0 atom stereocenters. The van der Waals surface area contributed by atoms with Gasteiger partial charge in [0.05, 0.1) is 7.11 Å². The number of carbonyl (C=O) groups is 1. The molecule has 0 bridgehead atoms. The third kappa shape index (κ3) is 6.73. The van der Waals surface area contributed by atoms with Crippen LogP contribution in [0.25, 0.3) is 0 Å². The van der Waals surface area contributed by atoms with E-state index in [4.69, 9.17) is 0 Å². The van der Waals surface area contributed by atoms with Gasteiger partial charge in [-0.15, -0.1) is 13.2 Å². The van der Waals surface area contributed by atoms with Crippen LogP contribution in [0, 0.1) is 0 Å². The van der Waals surface area contributed by atoms with Crippen molar-refractivity contribution < 1.29 is 9.53 Å². The monoisotopic (exact) mass is 278 g/mol. The molecule has 1 aromatic heterocycles. The number of allylic oxidation sites excluding steroid dienone is 3. The Balaban J connectivity index is 0. The number of ether oxygens (including phenoxy) is 1. The predicted octanol–water partition coefficient (Wildman–Crippen LogP) is 4.02. The van der Waals surface area contributed by atoms with Crippen LogP contribution < -0.4 is 0 Å². The summed E-state index contributed by atoms with van der Waals surface area (Å²) in [5, 5.41) is 4.08. The molecule has 0 aliphatic rings. The van der Waals surface area contributed by atoms with Gasteiger partial charge in [0, 0.05) is 12.7 Å². The molecule has 0 aromatic carbocycles. The van der Waals surface area contributed by atoms with E-state index in [0.29, 0.717) is 12.2 Å². The summed E-state index contributed by atoms with van der Waals surface area (Å²) in [6, 6.07) is 1.65. The smallest absolute Gasteiger partial charge is 0.356 e. The van der Waals surface area contributed by atoms with Gasteiger partial charge in [-0.3, -0.25) is 4.68 Å². The fraction of sp³-hybridized carbons (Fsp3) is 0.375. The molecule has 0 radical (unpaired) electrons. The van der Waals surface area contributed by atoms with Crippen molar-refractivity contribution >= 4 is 5.97 Å². The lowest BCUT2D eigenvalue weighted by Gasteiger charge is -2.06. The molecule has 0 aliphatic heterocycles. The maximum absolute atomic E-state index is 11.4. The number of aromatic nitrogens is 2. The Bertz CT molecular complexity index is 420. The summed E-state index contributed by atoms with van der Waals surface area (Å²) in [7, 11) is 1.36. The Morgan fingerprint density at radius 2 is 2.05 bits per heavy atom. The van der Waals surface area contributed by atoms with Gasteiger partial charge >= 0.3 is 5.97 Å². The van der Waals surface area contributed by atoms with E-state index in [9.17, 15) is 4.79 Å². The third-order valence-electron chi connectivity index (χ3n) is 2.36. The zero-order chi connectivity index (χ0) is 16.0. The summed E-state index contributed by atoms with van der Waals surface area (Å²) >= 11 is 0. The van der Waals surface area contributed by atoms with Crippen molar-refractivity contribution in [2.75, 3.05) is 7.11 Å². The molecule has 4 heteroatoms. The minimum Gasteiger partial charge on any atom is -0.464 e. The topological polar surface area (TPSA) is 44.1 Å². The summed E-state index contributed by atoms with van der Waals surface area (Å²) < 4.78 is 6.30. The van der Waals surface area contributed by atoms with E-state index in [2.05, 4.69) is 29.6 Å². The fourth-order valence-corrected chi connectivity index (χ4v) is 1.39. The van der Waals surface area contributed by atoms with Gasteiger partial charge in [0.15, 0.2) is 0 Å². The van der Waals surface area contributed by atoms with E-state index in [0.717, 1.165) is 12.0 Å². The first kappa shape index (κ1) is 20.2. The zero-order valence-electron chi connectivity index (χ0n) is 13.1. The Hall–Kier alpha value is -2.10. The minimum absolute atomic E-state index is 0.363. The number of hydrogen-bond donors (Lipinski definition) is 0. The highest BCUT2D eigenvalue weighted by atomic mass is 16.5. The number of methoxy groups -OCH3 is 1. The fourth-order valence-electron chi connectivity index (χ4n) is 1.39. The number of hydrogen-bond acceptors (Lipinski definition) is 3. The molecule has 1 rings (SSSR count). The molecule has 112 valence electrons. The predicted molar refractivity (Wildman–Crippen MR) is 84.7 cm³/mol. The van der Waals surface area contributed by atoms with Crippen LogP contribution in [0.5, 0.6) is 0 Å². The van der Waals surface area contributed by atoms with Gasteiger partial charge in [0.25, 0.3) is 0 Å². The van der Waals surface area contributed by atoms with Gasteiger partial charge in [-0.1, -0.05) is 38.2 Å². The van der Waals surface area contributed by atoms with Crippen molar-refractivity contribution in [3.63, 3.8) is 0 Å². The first-order valence-electron chi connectivity index (χ1n) is 6.60. The zero-order valence-corrected chi connectivity index (χ0v) is 13.1. The third-order valence-corrected chi connectivity index (χ3v) is 2.36. The first-order chi connectivity index (χ1) is 9.72. The van der Waals surface area contributed by atoms with Crippen LogP contribution in [0.3, 0.4) is 0 Å². The highest BCUT2D eigenvalue weighted by Gasteiger charge is 2.11. The highest BCUT2D eigenvalue weighted by Crippen LogP contribution is 2.07. The van der Waals surface area contributed by atoms with E-state index in [1.165, 1.54) is 7.11 Å². The Kier molecular flexibility index (Phi) is 13.5. The number of nitrogens with zero attached hydrogens (tertiary/aromatic N) is 2. The average molecular weight is 278 g/mol. The molecule has 4 nitrogen and oxygen atoms in total. The van der Waals surface area contributed by atoms with Crippen molar-refractivity contribution in [2.24, 2.45) is 0 Å². The minimum atomic E-state index is -0.363. The molecule has 0 fully saturated rings. The first-order valence-corrected chi connectivity index (χ1v) is 6.60. The molecule has 0 saturated carbocycles. The Labute approximate surface area is 122 Å². The van der Waals surface area contributed by atoms with E-state index in [-0.39, 0.29) is 5.97 Å². The van der Waals surface area contributed by atoms with Gasteiger partial charge in [-0.25, -0.2) is 4.79 Å². The second-order valence-electron chi connectivity index (χ2n) is 3.25. The molecule has 0 amide bonds. The number of rotatable bonds is 5. The van der Waals surface area contributed by atoms with Crippen LogP contribution >= 0.6 is 0 Å². The molecule has 1 aromatic rings. The average Bonchev–Trinajstić information content (AvgIpc) is 3.00. The maximum Gasteiger partial charge on any atom is 0.356 e. The van der Waals surface area contributed by atoms with Crippen molar-refractivity contribution in [3.05, 3.63) is 55.4 Å². The molecular weight excluding hydrogens is 252 g/mol. The van der Waals surface area contributed by atoms with Crippen LogP contribution in [-0.4, -0.2) is 22.9 Å². The van der Waals surface area contributed by atoms with Crippen molar-refractivity contribution in [2.45, 2.75) is 33.7 Å². The summed E-state index contributed by atoms with van der Waals surface area (Å²) in [5.41, 5.74) is 1.60. The highest BCUT2D eigenvalue weighted by molar-refractivity contribution is 5.87. The summed E-state index contributed by atoms with van der Waals surface area (Å²) in [5.74, 6) is -0.363. The van der Waals surface area contributed by atoms with E-state index in [1.54, 1.807) is 23.0 Å². The SMILES string of the molecule is C=C.C=C/C(=C\C)CCn1nccc1C(=O)OC.CC. The molecule has 0 unspecified atom stereocenters. The van der Waals surface area contributed by atoms with Crippen LogP contribution in [0.15, 0.2) is 49.7 Å². The van der Waals surface area contributed by atoms with Crippen molar-refractivity contribution in [3.8, 4) is 0 Å². The van der Waals surface area contributed by atoms with Crippen LogP contribution in [0.2, 0.25) is 0 Å². The Morgan fingerprint density at radius 3 is 2.50 bits per heavy atom. The van der Waals surface area contributed by atoms with Crippen LogP contribution in [0.1, 0.15) is 37.7 Å². The van der Waals surface area contributed by atoms with Crippen molar-refractivity contribution in [1.29, 1.82) is 0 Å². The second kappa shape index (κ2) is 13.3. The van der Waals surface area contributed by atoms with Crippen LogP contribution in [0.4, 0.5) is 0 Å². The lowest BCUT2D eigenvalue weighted by Crippen LogP contribution is -2.12. The number of esters is 1. The lowest BCUT2D eigenvalue weighted by molar-refractivity contribution is 0.0586. The van der Waals surface area contributed by atoms with Gasteiger partial charge in [-0.2, -0.15) is 5.10 Å². The molecule has 1 heterocycles. The van der Waals surface area contributed by atoms with Gasteiger partial charge in [-0.05, 0) is 19.4 Å². The molecule has 0 aliphatic carbocycles. The molecule has 20 heavy (non-hydrogen) atoms. The Morgan fingerprint density at radius 1 is 1.45 bits per heavy atom. The molecule has 0 N–H and O–H groups in total. The van der Waals surface area contributed by atoms with Gasteiger partial charge in [0.1, 0.15) is 5.69 Å². The lowest BCUT2D eigenvalue weighted by atomic mass is 10.2. The van der Waals surface area contributed by atoms with E-state index in [1.807, 2.05) is 26.8 Å².